The van der Waals surface area contributed by atoms with Crippen LogP contribution in [0, 0.1) is 0 Å². The molecule has 2 aromatic rings. The third-order valence-corrected chi connectivity index (χ3v) is 6.35. The van der Waals surface area contributed by atoms with Gasteiger partial charge in [0, 0.05) is 23.2 Å². The molecule has 1 saturated heterocycles. The van der Waals surface area contributed by atoms with Crippen molar-refractivity contribution >= 4 is 17.4 Å². The van der Waals surface area contributed by atoms with Gasteiger partial charge in [0.25, 0.3) is 5.91 Å². The van der Waals surface area contributed by atoms with Crippen LogP contribution in [0.25, 0.3) is 0 Å². The van der Waals surface area contributed by atoms with Gasteiger partial charge in [0.15, 0.2) is 11.8 Å². The number of ether oxygens (including phenoxy) is 1. The quantitative estimate of drug-likeness (QED) is 0.595. The number of hydrogen-bond donors (Lipinski definition) is 3. The molecule has 6 nitrogen and oxygen atoms in total. The van der Waals surface area contributed by atoms with Crippen LogP contribution in [0.5, 0.6) is 5.75 Å². The van der Waals surface area contributed by atoms with Gasteiger partial charge in [-0.1, -0.05) is 12.1 Å². The average molecular weight is 410 g/mol. The van der Waals surface area contributed by atoms with Crippen molar-refractivity contribution in [2.45, 2.75) is 32.9 Å². The van der Waals surface area contributed by atoms with E-state index in [9.17, 15) is 9.59 Å². The topological polar surface area (TPSA) is 64.3 Å². The summed E-state index contributed by atoms with van der Waals surface area (Å²) in [5, 5.41) is 2.98. The number of ketones is 1. The van der Waals surface area contributed by atoms with Crippen molar-refractivity contribution in [1.29, 1.82) is 0 Å². The Balaban J connectivity index is 1.28. The number of Topliss-reactive ketones (excluding diaryl/α,β-unsaturated/α-hetero) is 1. The highest BCUT2D eigenvalue weighted by atomic mass is 16.5. The Morgan fingerprint density at radius 3 is 2.67 bits per heavy atom. The van der Waals surface area contributed by atoms with Crippen LogP contribution >= 0.6 is 0 Å². The molecule has 0 aromatic heterocycles. The molecule has 6 heteroatoms. The number of piperazine rings is 1. The van der Waals surface area contributed by atoms with Crippen LogP contribution in [0.15, 0.2) is 42.5 Å². The number of hydrogen-bond acceptors (Lipinski definition) is 3. The summed E-state index contributed by atoms with van der Waals surface area (Å²) in [5.41, 5.74) is 4.00. The second kappa shape index (κ2) is 8.98. The Morgan fingerprint density at radius 2 is 1.90 bits per heavy atom. The van der Waals surface area contributed by atoms with E-state index in [1.807, 2.05) is 13.0 Å². The first-order valence-electron chi connectivity index (χ1n) is 10.8. The Hall–Kier alpha value is -2.70. The molecule has 0 saturated carbocycles. The highest BCUT2D eigenvalue weighted by Crippen LogP contribution is 2.25. The molecule has 1 fully saturated rings. The van der Waals surface area contributed by atoms with Gasteiger partial charge < -0.3 is 19.9 Å². The predicted molar refractivity (Wildman–Crippen MR) is 115 cm³/mol. The van der Waals surface area contributed by atoms with Crippen molar-refractivity contribution in [1.82, 2.24) is 0 Å². The molecule has 2 aromatic carbocycles. The van der Waals surface area contributed by atoms with Gasteiger partial charge in [-0.15, -0.1) is 0 Å². The molecule has 2 aliphatic rings. The molecule has 158 valence electrons. The van der Waals surface area contributed by atoms with E-state index in [1.165, 1.54) is 23.0 Å². The fourth-order valence-electron chi connectivity index (χ4n) is 4.42. The molecule has 1 atom stereocenters. The van der Waals surface area contributed by atoms with E-state index < -0.39 is 0 Å². The SMILES string of the molecule is CC(=O)c1cccc(NC(=O)[C@H](C)[NH+]2CC[NH+](Cc3ccc4c(c3)CCO4)CC2)c1. The number of fused-ring (bicyclic) bond motifs is 1. The van der Waals surface area contributed by atoms with E-state index in [4.69, 9.17) is 4.74 Å². The van der Waals surface area contributed by atoms with Gasteiger partial charge in [-0.05, 0) is 49.7 Å². The number of amides is 1. The lowest BCUT2D eigenvalue weighted by Crippen LogP contribution is -3.29. The van der Waals surface area contributed by atoms with E-state index in [1.54, 1.807) is 23.1 Å². The zero-order chi connectivity index (χ0) is 21.1. The molecule has 0 radical (unpaired) electrons. The van der Waals surface area contributed by atoms with Crippen LogP contribution < -0.4 is 19.9 Å². The maximum absolute atomic E-state index is 12.7. The van der Waals surface area contributed by atoms with E-state index in [0.717, 1.165) is 51.5 Å². The summed E-state index contributed by atoms with van der Waals surface area (Å²) < 4.78 is 5.60. The van der Waals surface area contributed by atoms with Crippen LogP contribution in [0.3, 0.4) is 0 Å². The summed E-state index contributed by atoms with van der Waals surface area (Å²) in [6.07, 6.45) is 1.01. The van der Waals surface area contributed by atoms with E-state index in [2.05, 4.69) is 23.5 Å². The number of carbonyl (C=O) groups excluding carboxylic acids is 2. The third-order valence-electron chi connectivity index (χ3n) is 6.35. The maximum Gasteiger partial charge on any atom is 0.282 e. The molecular formula is C24H31N3O3+2. The monoisotopic (exact) mass is 409 g/mol. The van der Waals surface area contributed by atoms with Crippen LogP contribution in [-0.2, 0) is 17.8 Å². The number of anilines is 1. The fraction of sp³-hybridized carbons (Fsp3) is 0.417. The number of rotatable bonds is 6. The average Bonchev–Trinajstić information content (AvgIpc) is 3.22. The zero-order valence-corrected chi connectivity index (χ0v) is 17.8. The molecule has 3 N–H and O–H groups in total. The van der Waals surface area contributed by atoms with E-state index in [-0.39, 0.29) is 17.7 Å². The summed E-state index contributed by atoms with van der Waals surface area (Å²) in [6.45, 7) is 9.42. The fourth-order valence-corrected chi connectivity index (χ4v) is 4.42. The molecule has 0 bridgehead atoms. The smallest absolute Gasteiger partial charge is 0.282 e. The summed E-state index contributed by atoms with van der Waals surface area (Å²) in [7, 11) is 0. The molecule has 2 heterocycles. The van der Waals surface area contributed by atoms with Crippen molar-refractivity contribution < 1.29 is 24.1 Å². The minimum Gasteiger partial charge on any atom is -0.493 e. The number of quaternary nitrogens is 2. The minimum atomic E-state index is -0.121. The van der Waals surface area contributed by atoms with Crippen LogP contribution in [0.2, 0.25) is 0 Å². The molecule has 0 spiro atoms. The first kappa shape index (κ1) is 20.6. The maximum atomic E-state index is 12.7. The van der Waals surface area contributed by atoms with Crippen LogP contribution in [0.4, 0.5) is 5.69 Å². The first-order chi connectivity index (χ1) is 14.5. The van der Waals surface area contributed by atoms with Crippen LogP contribution in [-0.4, -0.2) is 50.5 Å². The van der Waals surface area contributed by atoms with E-state index >= 15 is 0 Å². The molecule has 2 aliphatic heterocycles. The van der Waals surface area contributed by atoms with Crippen molar-refractivity contribution in [2.24, 2.45) is 0 Å². The molecule has 0 unspecified atom stereocenters. The Kier molecular flexibility index (Phi) is 6.16. The number of benzene rings is 2. The summed E-state index contributed by atoms with van der Waals surface area (Å²) in [6, 6.07) is 13.6. The van der Waals surface area contributed by atoms with Crippen molar-refractivity contribution in [3.05, 3.63) is 59.2 Å². The van der Waals surface area contributed by atoms with Crippen LogP contribution in [0.1, 0.15) is 35.3 Å². The summed E-state index contributed by atoms with van der Waals surface area (Å²) >= 11 is 0. The largest absolute Gasteiger partial charge is 0.493 e. The highest BCUT2D eigenvalue weighted by Gasteiger charge is 2.31. The van der Waals surface area contributed by atoms with Gasteiger partial charge in [0.1, 0.15) is 38.5 Å². The zero-order valence-electron chi connectivity index (χ0n) is 17.8. The van der Waals surface area contributed by atoms with Gasteiger partial charge in [-0.3, -0.25) is 9.59 Å². The van der Waals surface area contributed by atoms with Crippen molar-refractivity contribution in [3.8, 4) is 5.75 Å². The highest BCUT2D eigenvalue weighted by molar-refractivity contribution is 5.97. The Morgan fingerprint density at radius 1 is 1.10 bits per heavy atom. The second-order valence-corrected chi connectivity index (χ2v) is 8.47. The number of carbonyl (C=O) groups is 2. The van der Waals surface area contributed by atoms with E-state index in [0.29, 0.717) is 11.3 Å². The number of nitrogens with one attached hydrogen (secondary N) is 3. The Labute approximate surface area is 177 Å². The van der Waals surface area contributed by atoms with Gasteiger partial charge in [-0.2, -0.15) is 0 Å². The van der Waals surface area contributed by atoms with Crippen molar-refractivity contribution in [3.63, 3.8) is 0 Å². The molecule has 4 rings (SSSR count). The lowest BCUT2D eigenvalue weighted by atomic mass is 10.1. The second-order valence-electron chi connectivity index (χ2n) is 8.47. The Bertz CT molecular complexity index is 935. The summed E-state index contributed by atoms with van der Waals surface area (Å²) in [5.74, 6) is 1.05. The van der Waals surface area contributed by atoms with Gasteiger partial charge in [0.05, 0.1) is 6.61 Å². The first-order valence-corrected chi connectivity index (χ1v) is 10.8. The normalized spacial score (nSPS) is 21.4. The standard InChI is InChI=1S/C24H29N3O3/c1-17(24(29)25-22-5-3-4-20(15-22)18(2)28)27-11-9-26(10-12-27)16-19-6-7-23-21(14-19)8-13-30-23/h3-7,14-15,17H,8-13,16H2,1-2H3,(H,25,29)/p+2/t17-/m0/s1. The van der Waals surface area contributed by atoms with Gasteiger partial charge in [0.2, 0.25) is 0 Å². The van der Waals surface area contributed by atoms with Gasteiger partial charge in [-0.25, -0.2) is 0 Å². The lowest BCUT2D eigenvalue weighted by Gasteiger charge is -2.32. The molecule has 1 amide bonds. The van der Waals surface area contributed by atoms with Crippen molar-refractivity contribution in [2.75, 3.05) is 38.1 Å². The predicted octanol–water partition coefficient (Wildman–Crippen LogP) is 0.135. The molecule has 0 aliphatic carbocycles. The molecule has 30 heavy (non-hydrogen) atoms. The molecular weight excluding hydrogens is 378 g/mol. The van der Waals surface area contributed by atoms with Gasteiger partial charge >= 0.3 is 0 Å². The summed E-state index contributed by atoms with van der Waals surface area (Å²) in [4.78, 5) is 27.2. The lowest BCUT2D eigenvalue weighted by molar-refractivity contribution is -1.02. The third kappa shape index (κ3) is 4.71. The minimum absolute atomic E-state index is 0.000216.